The average Bonchev–Trinajstić information content (AvgIpc) is 2.91. The first kappa shape index (κ1) is 13.5. The molecule has 0 spiro atoms. The lowest BCUT2D eigenvalue weighted by Gasteiger charge is -2.18. The fourth-order valence-corrected chi connectivity index (χ4v) is 2.55. The Kier molecular flexibility index (Phi) is 4.74. The molecule has 2 heterocycles. The molecule has 0 aliphatic carbocycles. The first-order valence-electron chi connectivity index (χ1n) is 6.53. The van der Waals surface area contributed by atoms with Gasteiger partial charge >= 0.3 is 0 Å². The topological polar surface area (TPSA) is 48.3 Å². The number of ether oxygens (including phenoxy) is 2. The summed E-state index contributed by atoms with van der Waals surface area (Å²) in [7, 11) is 3.68. The summed E-state index contributed by atoms with van der Waals surface area (Å²) in [6, 6.07) is 0. The van der Waals surface area contributed by atoms with Crippen molar-refractivity contribution in [3.05, 3.63) is 17.5 Å². The van der Waals surface area contributed by atoms with E-state index in [1.807, 2.05) is 18.7 Å². The minimum absolute atomic E-state index is 0.189. The highest BCUT2D eigenvalue weighted by Gasteiger charge is 2.31. The summed E-state index contributed by atoms with van der Waals surface area (Å²) < 4.78 is 12.8. The number of hydrogen-bond acceptors (Lipinski definition) is 4. The third kappa shape index (κ3) is 3.10. The molecule has 5 nitrogen and oxygen atoms in total. The molecular weight excluding hydrogens is 230 g/mol. The summed E-state index contributed by atoms with van der Waals surface area (Å²) in [6.07, 6.45) is 3.38. The van der Waals surface area contributed by atoms with Crippen LogP contribution in [0.1, 0.15) is 23.8 Å². The van der Waals surface area contributed by atoms with Gasteiger partial charge in [0.1, 0.15) is 0 Å². The van der Waals surface area contributed by atoms with Crippen LogP contribution in [0.3, 0.4) is 0 Å². The van der Waals surface area contributed by atoms with E-state index in [1.54, 1.807) is 7.11 Å². The van der Waals surface area contributed by atoms with Gasteiger partial charge in [-0.05, 0) is 13.3 Å². The van der Waals surface area contributed by atoms with Gasteiger partial charge in [0.25, 0.3) is 0 Å². The molecule has 0 amide bonds. The fraction of sp³-hybridized carbons (Fsp3) is 0.769. The van der Waals surface area contributed by atoms with E-state index in [-0.39, 0.29) is 6.10 Å². The first-order chi connectivity index (χ1) is 8.72. The van der Waals surface area contributed by atoms with Crippen LogP contribution in [0.15, 0.2) is 6.20 Å². The van der Waals surface area contributed by atoms with Gasteiger partial charge in [-0.15, -0.1) is 0 Å². The van der Waals surface area contributed by atoms with Gasteiger partial charge in [0.15, 0.2) is 0 Å². The molecule has 2 rings (SSSR count). The number of hydrogen-bond donors (Lipinski definition) is 1. The Morgan fingerprint density at radius 1 is 1.61 bits per heavy atom. The molecule has 1 aliphatic rings. The average molecular weight is 253 g/mol. The maximum absolute atomic E-state index is 5.88. The van der Waals surface area contributed by atoms with Crippen LogP contribution in [0.25, 0.3) is 0 Å². The smallest absolute Gasteiger partial charge is 0.0899 e. The summed E-state index contributed by atoms with van der Waals surface area (Å²) in [5.41, 5.74) is 2.31. The van der Waals surface area contributed by atoms with Gasteiger partial charge < -0.3 is 14.8 Å². The number of nitrogens with one attached hydrogen (secondary N) is 1. The summed E-state index contributed by atoms with van der Waals surface area (Å²) in [4.78, 5) is 0. The van der Waals surface area contributed by atoms with Crippen LogP contribution in [-0.2, 0) is 16.5 Å². The second kappa shape index (κ2) is 6.31. The van der Waals surface area contributed by atoms with E-state index in [0.29, 0.717) is 5.92 Å². The highest BCUT2D eigenvalue weighted by atomic mass is 16.5. The van der Waals surface area contributed by atoms with Crippen LogP contribution >= 0.6 is 0 Å². The molecule has 1 aromatic rings. The number of aromatic nitrogens is 2. The van der Waals surface area contributed by atoms with Crippen LogP contribution in [0.2, 0.25) is 0 Å². The van der Waals surface area contributed by atoms with E-state index in [4.69, 9.17) is 9.47 Å². The van der Waals surface area contributed by atoms with Crippen molar-refractivity contribution < 1.29 is 9.47 Å². The lowest BCUT2D eigenvalue weighted by atomic mass is 9.96. The second-order valence-electron chi connectivity index (χ2n) is 4.88. The molecular formula is C13H23N3O2. The minimum atomic E-state index is 0.189. The SMILES string of the molecule is COCCNCC1CCOC1c1cn(C)nc1C. The van der Waals surface area contributed by atoms with Crippen LogP contribution in [0.5, 0.6) is 0 Å². The molecule has 5 heteroatoms. The van der Waals surface area contributed by atoms with Gasteiger partial charge in [-0.3, -0.25) is 4.68 Å². The molecule has 0 radical (unpaired) electrons. The van der Waals surface area contributed by atoms with Gasteiger partial charge in [0, 0.05) is 51.5 Å². The normalized spacial score (nSPS) is 23.7. The standard InChI is InChI=1S/C13H23N3O2/c1-10-12(9-16(2)15-10)13-11(4-6-18-13)8-14-5-7-17-3/h9,11,13-14H,4-8H2,1-3H3. The molecule has 2 atom stereocenters. The largest absolute Gasteiger partial charge is 0.383 e. The van der Waals surface area contributed by atoms with Gasteiger partial charge in [-0.1, -0.05) is 0 Å². The number of nitrogens with zero attached hydrogens (tertiary/aromatic N) is 2. The third-order valence-corrected chi connectivity index (χ3v) is 3.46. The van der Waals surface area contributed by atoms with E-state index in [0.717, 1.165) is 38.4 Å². The molecule has 1 fully saturated rings. The molecule has 0 bridgehead atoms. The van der Waals surface area contributed by atoms with Crippen molar-refractivity contribution in [1.82, 2.24) is 15.1 Å². The van der Waals surface area contributed by atoms with Crippen molar-refractivity contribution >= 4 is 0 Å². The summed E-state index contributed by atoms with van der Waals surface area (Å²) in [5.74, 6) is 0.532. The third-order valence-electron chi connectivity index (χ3n) is 3.46. The fourth-order valence-electron chi connectivity index (χ4n) is 2.55. The Morgan fingerprint density at radius 3 is 3.11 bits per heavy atom. The van der Waals surface area contributed by atoms with Crippen LogP contribution in [-0.4, -0.2) is 43.2 Å². The molecule has 0 aromatic carbocycles. The zero-order valence-corrected chi connectivity index (χ0v) is 11.5. The second-order valence-corrected chi connectivity index (χ2v) is 4.88. The Balaban J connectivity index is 1.93. The molecule has 1 aliphatic heterocycles. The Hall–Kier alpha value is -0.910. The summed E-state index contributed by atoms with van der Waals surface area (Å²) in [5, 5.41) is 7.82. The van der Waals surface area contributed by atoms with E-state index in [1.165, 1.54) is 5.56 Å². The Bertz CT molecular complexity index is 378. The predicted octanol–water partition coefficient (Wildman–Crippen LogP) is 1.04. The first-order valence-corrected chi connectivity index (χ1v) is 6.53. The van der Waals surface area contributed by atoms with Crippen molar-refractivity contribution in [2.75, 3.05) is 33.4 Å². The van der Waals surface area contributed by atoms with Gasteiger partial charge in [0.05, 0.1) is 18.4 Å². The Morgan fingerprint density at radius 2 is 2.44 bits per heavy atom. The van der Waals surface area contributed by atoms with Gasteiger partial charge in [-0.25, -0.2) is 0 Å². The lowest BCUT2D eigenvalue weighted by Crippen LogP contribution is -2.27. The molecule has 18 heavy (non-hydrogen) atoms. The summed E-state index contributed by atoms with van der Waals surface area (Å²) in [6.45, 7) is 5.51. The number of aryl methyl sites for hydroxylation is 2. The molecule has 1 N–H and O–H groups in total. The predicted molar refractivity (Wildman–Crippen MR) is 69.5 cm³/mol. The Labute approximate surface area is 108 Å². The van der Waals surface area contributed by atoms with Crippen LogP contribution < -0.4 is 5.32 Å². The zero-order chi connectivity index (χ0) is 13.0. The highest BCUT2D eigenvalue weighted by molar-refractivity contribution is 5.20. The van der Waals surface area contributed by atoms with Gasteiger partial charge in [0.2, 0.25) is 0 Å². The molecule has 1 saturated heterocycles. The lowest BCUT2D eigenvalue weighted by molar-refractivity contribution is 0.0893. The summed E-state index contributed by atoms with van der Waals surface area (Å²) >= 11 is 0. The molecule has 102 valence electrons. The van der Waals surface area contributed by atoms with Crippen molar-refractivity contribution in [3.63, 3.8) is 0 Å². The number of methoxy groups -OCH3 is 1. The van der Waals surface area contributed by atoms with E-state index < -0.39 is 0 Å². The van der Waals surface area contributed by atoms with Crippen LogP contribution in [0, 0.1) is 12.8 Å². The monoisotopic (exact) mass is 253 g/mol. The van der Waals surface area contributed by atoms with Crippen molar-refractivity contribution in [3.8, 4) is 0 Å². The number of rotatable bonds is 6. The van der Waals surface area contributed by atoms with Crippen LogP contribution in [0.4, 0.5) is 0 Å². The quantitative estimate of drug-likeness (QED) is 0.770. The minimum Gasteiger partial charge on any atom is -0.383 e. The van der Waals surface area contributed by atoms with Gasteiger partial charge in [-0.2, -0.15) is 5.10 Å². The highest BCUT2D eigenvalue weighted by Crippen LogP contribution is 2.35. The van der Waals surface area contributed by atoms with Crippen molar-refractivity contribution in [2.45, 2.75) is 19.4 Å². The van der Waals surface area contributed by atoms with E-state index in [2.05, 4.69) is 16.6 Å². The maximum atomic E-state index is 5.88. The molecule has 0 saturated carbocycles. The maximum Gasteiger partial charge on any atom is 0.0899 e. The van der Waals surface area contributed by atoms with E-state index >= 15 is 0 Å². The van der Waals surface area contributed by atoms with E-state index in [9.17, 15) is 0 Å². The van der Waals surface area contributed by atoms with Crippen molar-refractivity contribution in [2.24, 2.45) is 13.0 Å². The molecule has 1 aromatic heterocycles. The van der Waals surface area contributed by atoms with Crippen molar-refractivity contribution in [1.29, 1.82) is 0 Å². The molecule has 2 unspecified atom stereocenters. The zero-order valence-electron chi connectivity index (χ0n) is 11.5.